The fourth-order valence-electron chi connectivity index (χ4n) is 1.35. The third-order valence-corrected chi connectivity index (χ3v) is 3.06. The van der Waals surface area contributed by atoms with Gasteiger partial charge in [-0.3, -0.25) is 0 Å². The Labute approximate surface area is 98.7 Å². The van der Waals surface area contributed by atoms with Crippen molar-refractivity contribution in [2.24, 2.45) is 0 Å². The SMILES string of the molecule is CCCNCc1nnc(-c2ccc(C)o2)s1. The Morgan fingerprint density at radius 1 is 1.38 bits per heavy atom. The molecule has 2 aromatic rings. The average molecular weight is 237 g/mol. The van der Waals surface area contributed by atoms with Crippen LogP contribution >= 0.6 is 11.3 Å². The van der Waals surface area contributed by atoms with Crippen LogP contribution in [0, 0.1) is 6.92 Å². The highest BCUT2D eigenvalue weighted by Crippen LogP contribution is 2.25. The molecule has 0 aliphatic rings. The van der Waals surface area contributed by atoms with Gasteiger partial charge >= 0.3 is 0 Å². The number of nitrogens with one attached hydrogen (secondary N) is 1. The maximum Gasteiger partial charge on any atom is 0.183 e. The van der Waals surface area contributed by atoms with Crippen LogP contribution < -0.4 is 5.32 Å². The molecule has 0 spiro atoms. The van der Waals surface area contributed by atoms with E-state index in [9.17, 15) is 0 Å². The quantitative estimate of drug-likeness (QED) is 0.812. The van der Waals surface area contributed by atoms with Crippen molar-refractivity contribution in [2.75, 3.05) is 6.54 Å². The molecule has 4 nitrogen and oxygen atoms in total. The minimum absolute atomic E-state index is 0.783. The van der Waals surface area contributed by atoms with Gasteiger partial charge in [-0.15, -0.1) is 10.2 Å². The lowest BCUT2D eigenvalue weighted by molar-refractivity contribution is 0.547. The van der Waals surface area contributed by atoms with Crippen LogP contribution in [0.1, 0.15) is 24.1 Å². The summed E-state index contributed by atoms with van der Waals surface area (Å²) >= 11 is 1.57. The van der Waals surface area contributed by atoms with Crippen molar-refractivity contribution in [3.8, 4) is 10.8 Å². The number of rotatable bonds is 5. The first-order valence-electron chi connectivity index (χ1n) is 5.39. The van der Waals surface area contributed by atoms with Crippen LogP contribution in [0.3, 0.4) is 0 Å². The second-order valence-corrected chi connectivity index (χ2v) is 4.65. The monoisotopic (exact) mass is 237 g/mol. The first-order valence-corrected chi connectivity index (χ1v) is 6.21. The number of hydrogen-bond acceptors (Lipinski definition) is 5. The van der Waals surface area contributed by atoms with E-state index in [1.807, 2.05) is 19.1 Å². The topological polar surface area (TPSA) is 51.0 Å². The molecule has 0 amide bonds. The fourth-order valence-corrected chi connectivity index (χ4v) is 2.12. The molecule has 0 atom stereocenters. The largest absolute Gasteiger partial charge is 0.459 e. The van der Waals surface area contributed by atoms with E-state index in [4.69, 9.17) is 4.42 Å². The van der Waals surface area contributed by atoms with Crippen LogP contribution in [0.25, 0.3) is 10.8 Å². The first kappa shape index (κ1) is 11.3. The maximum absolute atomic E-state index is 5.50. The van der Waals surface area contributed by atoms with E-state index in [1.165, 1.54) is 0 Å². The summed E-state index contributed by atoms with van der Waals surface area (Å²) in [4.78, 5) is 0. The van der Waals surface area contributed by atoms with Crippen molar-refractivity contribution in [1.29, 1.82) is 0 Å². The molecule has 0 bridgehead atoms. The van der Waals surface area contributed by atoms with Crippen LogP contribution in [0.2, 0.25) is 0 Å². The molecule has 1 N–H and O–H groups in total. The first-order chi connectivity index (χ1) is 7.79. The molecule has 2 heterocycles. The van der Waals surface area contributed by atoms with Crippen molar-refractivity contribution >= 4 is 11.3 Å². The zero-order valence-electron chi connectivity index (χ0n) is 9.49. The molecule has 2 rings (SSSR count). The van der Waals surface area contributed by atoms with Crippen LogP contribution in [-0.2, 0) is 6.54 Å². The third-order valence-electron chi connectivity index (χ3n) is 2.12. The molecule has 2 aromatic heterocycles. The van der Waals surface area contributed by atoms with Gasteiger partial charge in [-0.1, -0.05) is 18.3 Å². The van der Waals surface area contributed by atoms with Crippen LogP contribution in [-0.4, -0.2) is 16.7 Å². The molecule has 0 saturated carbocycles. The molecule has 0 aromatic carbocycles. The molecule has 5 heteroatoms. The fraction of sp³-hybridized carbons (Fsp3) is 0.455. The molecular weight excluding hydrogens is 222 g/mol. The minimum atomic E-state index is 0.783. The van der Waals surface area contributed by atoms with Gasteiger partial charge in [0, 0.05) is 6.54 Å². The van der Waals surface area contributed by atoms with Crippen molar-refractivity contribution in [2.45, 2.75) is 26.8 Å². The highest BCUT2D eigenvalue weighted by atomic mass is 32.1. The Kier molecular flexibility index (Phi) is 3.69. The normalized spacial score (nSPS) is 10.9. The van der Waals surface area contributed by atoms with Gasteiger partial charge < -0.3 is 9.73 Å². The summed E-state index contributed by atoms with van der Waals surface area (Å²) in [5.41, 5.74) is 0. The summed E-state index contributed by atoms with van der Waals surface area (Å²) in [5.74, 6) is 1.70. The predicted molar refractivity (Wildman–Crippen MR) is 64.3 cm³/mol. The van der Waals surface area contributed by atoms with Crippen LogP contribution in [0.5, 0.6) is 0 Å². The van der Waals surface area contributed by atoms with E-state index >= 15 is 0 Å². The lowest BCUT2D eigenvalue weighted by Gasteiger charge is -1.96. The highest BCUT2D eigenvalue weighted by molar-refractivity contribution is 7.14. The van der Waals surface area contributed by atoms with Gasteiger partial charge in [-0.05, 0) is 32.0 Å². The Hall–Kier alpha value is -1.20. The smallest absolute Gasteiger partial charge is 0.183 e. The number of furan rings is 1. The Bertz CT molecular complexity index is 450. The zero-order chi connectivity index (χ0) is 11.4. The van der Waals surface area contributed by atoms with Gasteiger partial charge in [0.15, 0.2) is 10.8 Å². The van der Waals surface area contributed by atoms with Crippen molar-refractivity contribution in [3.63, 3.8) is 0 Å². The molecule has 0 fully saturated rings. The van der Waals surface area contributed by atoms with E-state index in [2.05, 4.69) is 22.4 Å². The summed E-state index contributed by atoms with van der Waals surface area (Å²) in [6, 6.07) is 3.87. The number of aromatic nitrogens is 2. The average Bonchev–Trinajstić information content (AvgIpc) is 2.87. The molecular formula is C11H15N3OS. The summed E-state index contributed by atoms with van der Waals surface area (Å²) in [6.45, 7) is 5.86. The summed E-state index contributed by atoms with van der Waals surface area (Å²) in [6.07, 6.45) is 1.13. The standard InChI is InChI=1S/C11H15N3OS/c1-3-6-12-7-10-13-14-11(16-10)9-5-4-8(2)15-9/h4-5,12H,3,6-7H2,1-2H3. The second-order valence-electron chi connectivity index (χ2n) is 3.59. The van der Waals surface area contributed by atoms with E-state index in [1.54, 1.807) is 11.3 Å². The molecule has 0 aliphatic carbocycles. The van der Waals surface area contributed by atoms with E-state index in [-0.39, 0.29) is 0 Å². The lowest BCUT2D eigenvalue weighted by Crippen LogP contribution is -2.13. The van der Waals surface area contributed by atoms with Gasteiger partial charge in [0.1, 0.15) is 10.8 Å². The third kappa shape index (κ3) is 2.68. The van der Waals surface area contributed by atoms with Crippen LogP contribution in [0.15, 0.2) is 16.5 Å². The molecule has 0 saturated heterocycles. The molecule has 86 valence electrons. The summed E-state index contributed by atoms with van der Waals surface area (Å²) < 4.78 is 5.50. The van der Waals surface area contributed by atoms with Crippen LogP contribution in [0.4, 0.5) is 0 Å². The van der Waals surface area contributed by atoms with E-state index < -0.39 is 0 Å². The minimum Gasteiger partial charge on any atom is -0.459 e. The van der Waals surface area contributed by atoms with E-state index in [0.29, 0.717) is 0 Å². The Morgan fingerprint density at radius 2 is 2.25 bits per heavy atom. The van der Waals surface area contributed by atoms with Crippen molar-refractivity contribution in [3.05, 3.63) is 22.9 Å². The van der Waals surface area contributed by atoms with E-state index in [0.717, 1.165) is 41.0 Å². The summed E-state index contributed by atoms with van der Waals surface area (Å²) in [5, 5.41) is 13.4. The zero-order valence-corrected chi connectivity index (χ0v) is 10.3. The van der Waals surface area contributed by atoms with Gasteiger partial charge in [-0.2, -0.15) is 0 Å². The number of hydrogen-bond donors (Lipinski definition) is 1. The number of nitrogens with zero attached hydrogens (tertiary/aromatic N) is 2. The van der Waals surface area contributed by atoms with Crippen molar-refractivity contribution in [1.82, 2.24) is 15.5 Å². The molecule has 0 unspecified atom stereocenters. The number of aryl methyl sites for hydroxylation is 1. The molecule has 0 aliphatic heterocycles. The van der Waals surface area contributed by atoms with Crippen molar-refractivity contribution < 1.29 is 4.42 Å². The van der Waals surface area contributed by atoms with Gasteiger partial charge in [-0.25, -0.2) is 0 Å². The lowest BCUT2D eigenvalue weighted by atomic mass is 10.4. The summed E-state index contributed by atoms with van der Waals surface area (Å²) in [7, 11) is 0. The Morgan fingerprint density at radius 3 is 2.94 bits per heavy atom. The highest BCUT2D eigenvalue weighted by Gasteiger charge is 2.09. The van der Waals surface area contributed by atoms with Gasteiger partial charge in [0.25, 0.3) is 0 Å². The van der Waals surface area contributed by atoms with Gasteiger partial charge in [0.2, 0.25) is 0 Å². The Balaban J connectivity index is 2.02. The molecule has 0 radical (unpaired) electrons. The van der Waals surface area contributed by atoms with Gasteiger partial charge in [0.05, 0.1) is 0 Å². The second kappa shape index (κ2) is 5.23. The maximum atomic E-state index is 5.50. The molecule has 16 heavy (non-hydrogen) atoms. The predicted octanol–water partition coefficient (Wildman–Crippen LogP) is 2.61.